The smallest absolute Gasteiger partial charge is 0.161 e. The maximum absolute atomic E-state index is 5.99. The standard InChI is InChI=1S/C28H37N3O2/c1-3-5-8-19-33-27-12-11-22(20-28(27)32-4-2)21-31-17-14-23(15-18-31)30-26-13-16-29-25-10-7-6-9-24(25)26/h6-7,9-13,16,20,23H,3-5,8,14-15,17-19,21H2,1-2H3,(H,29,30). The maximum Gasteiger partial charge on any atom is 0.161 e. The minimum absolute atomic E-state index is 0.491. The van der Waals surface area contributed by atoms with Gasteiger partial charge < -0.3 is 14.8 Å². The maximum atomic E-state index is 5.99. The van der Waals surface area contributed by atoms with Crippen molar-refractivity contribution in [3.8, 4) is 11.5 Å². The number of ether oxygens (including phenoxy) is 2. The Balaban J connectivity index is 1.31. The molecule has 0 bridgehead atoms. The molecule has 1 fully saturated rings. The molecule has 1 aliphatic heterocycles. The lowest BCUT2D eigenvalue weighted by Gasteiger charge is -2.33. The number of unbranched alkanes of at least 4 members (excludes halogenated alkanes) is 2. The zero-order chi connectivity index (χ0) is 22.9. The molecular weight excluding hydrogens is 410 g/mol. The van der Waals surface area contributed by atoms with Crippen LogP contribution in [0.25, 0.3) is 10.9 Å². The van der Waals surface area contributed by atoms with Crippen LogP contribution in [0.5, 0.6) is 11.5 Å². The van der Waals surface area contributed by atoms with E-state index in [2.05, 4.69) is 64.6 Å². The number of nitrogens with zero attached hydrogens (tertiary/aromatic N) is 2. The molecule has 5 nitrogen and oxygen atoms in total. The minimum atomic E-state index is 0.491. The lowest BCUT2D eigenvalue weighted by molar-refractivity contribution is 0.210. The highest BCUT2D eigenvalue weighted by atomic mass is 16.5. The highest BCUT2D eigenvalue weighted by molar-refractivity contribution is 5.90. The largest absolute Gasteiger partial charge is 0.490 e. The number of likely N-dealkylation sites (tertiary alicyclic amines) is 1. The van der Waals surface area contributed by atoms with Crippen LogP contribution < -0.4 is 14.8 Å². The van der Waals surface area contributed by atoms with E-state index in [-0.39, 0.29) is 0 Å². The summed E-state index contributed by atoms with van der Waals surface area (Å²) in [5, 5.41) is 4.96. The van der Waals surface area contributed by atoms with Gasteiger partial charge in [-0.2, -0.15) is 0 Å². The Hall–Kier alpha value is -2.79. The van der Waals surface area contributed by atoms with Crippen LogP contribution in [0.2, 0.25) is 0 Å². The van der Waals surface area contributed by atoms with Gasteiger partial charge in [0.25, 0.3) is 0 Å². The fourth-order valence-electron chi connectivity index (χ4n) is 4.51. The summed E-state index contributed by atoms with van der Waals surface area (Å²) in [4.78, 5) is 7.01. The van der Waals surface area contributed by atoms with Crippen molar-refractivity contribution in [2.75, 3.05) is 31.6 Å². The zero-order valence-corrected chi connectivity index (χ0v) is 20.1. The van der Waals surface area contributed by atoms with Crippen molar-refractivity contribution < 1.29 is 9.47 Å². The van der Waals surface area contributed by atoms with Crippen LogP contribution in [0.1, 0.15) is 51.5 Å². The topological polar surface area (TPSA) is 46.6 Å². The van der Waals surface area contributed by atoms with Crippen LogP contribution in [0.3, 0.4) is 0 Å². The second-order valence-electron chi connectivity index (χ2n) is 8.84. The number of piperidine rings is 1. The first-order valence-electron chi connectivity index (χ1n) is 12.5. The third-order valence-corrected chi connectivity index (χ3v) is 6.32. The minimum Gasteiger partial charge on any atom is -0.490 e. The molecular formula is C28H37N3O2. The molecule has 0 unspecified atom stereocenters. The third kappa shape index (κ3) is 6.38. The lowest BCUT2D eigenvalue weighted by Crippen LogP contribution is -2.38. The second-order valence-corrected chi connectivity index (χ2v) is 8.84. The van der Waals surface area contributed by atoms with E-state index in [1.165, 1.54) is 29.5 Å². The molecule has 0 saturated carbocycles. The van der Waals surface area contributed by atoms with Gasteiger partial charge >= 0.3 is 0 Å². The number of fused-ring (bicyclic) bond motifs is 1. The average molecular weight is 448 g/mol. The van der Waals surface area contributed by atoms with Gasteiger partial charge in [0.15, 0.2) is 11.5 Å². The number of benzene rings is 2. The molecule has 1 saturated heterocycles. The number of aromatic nitrogens is 1. The lowest BCUT2D eigenvalue weighted by atomic mass is 10.0. The van der Waals surface area contributed by atoms with Gasteiger partial charge in [-0.05, 0) is 56.0 Å². The molecule has 1 N–H and O–H groups in total. The van der Waals surface area contributed by atoms with Gasteiger partial charge in [-0.1, -0.05) is 44.0 Å². The Morgan fingerprint density at radius 3 is 2.64 bits per heavy atom. The summed E-state index contributed by atoms with van der Waals surface area (Å²) in [5.74, 6) is 1.73. The molecule has 0 aliphatic carbocycles. The number of anilines is 1. The number of hydrogen-bond donors (Lipinski definition) is 1. The normalized spacial score (nSPS) is 15.0. The van der Waals surface area contributed by atoms with Crippen molar-refractivity contribution in [3.05, 3.63) is 60.3 Å². The van der Waals surface area contributed by atoms with Gasteiger partial charge in [-0.25, -0.2) is 0 Å². The van der Waals surface area contributed by atoms with E-state index in [1.807, 2.05) is 19.2 Å². The molecule has 2 aromatic carbocycles. The fraction of sp³-hybridized carbons (Fsp3) is 0.464. The number of hydrogen-bond acceptors (Lipinski definition) is 5. The van der Waals surface area contributed by atoms with Crippen molar-refractivity contribution in [1.29, 1.82) is 0 Å². The number of pyridine rings is 1. The van der Waals surface area contributed by atoms with Gasteiger partial charge in [0.1, 0.15) is 0 Å². The quantitative estimate of drug-likeness (QED) is 0.351. The highest BCUT2D eigenvalue weighted by Gasteiger charge is 2.20. The number of rotatable bonds is 11. The predicted octanol–water partition coefficient (Wildman–Crippen LogP) is 6.28. The van der Waals surface area contributed by atoms with Crippen LogP contribution in [-0.4, -0.2) is 42.2 Å². The molecule has 176 valence electrons. The Labute approximate surface area is 198 Å². The van der Waals surface area contributed by atoms with Gasteiger partial charge in [0.05, 0.1) is 18.7 Å². The van der Waals surface area contributed by atoms with Crippen LogP contribution in [0.4, 0.5) is 5.69 Å². The SMILES string of the molecule is CCCCCOc1ccc(CN2CCC(Nc3ccnc4ccccc34)CC2)cc1OCC. The molecule has 4 rings (SSSR count). The van der Waals surface area contributed by atoms with Gasteiger partial charge in [-0.3, -0.25) is 9.88 Å². The predicted molar refractivity (Wildman–Crippen MR) is 136 cm³/mol. The molecule has 33 heavy (non-hydrogen) atoms. The molecule has 0 spiro atoms. The molecule has 1 aromatic heterocycles. The van der Waals surface area contributed by atoms with Crippen LogP contribution in [0, 0.1) is 0 Å². The molecule has 2 heterocycles. The summed E-state index contributed by atoms with van der Waals surface area (Å²) in [5.41, 5.74) is 3.52. The molecule has 0 amide bonds. The summed E-state index contributed by atoms with van der Waals surface area (Å²) in [7, 11) is 0. The zero-order valence-electron chi connectivity index (χ0n) is 20.1. The van der Waals surface area contributed by atoms with Crippen LogP contribution in [-0.2, 0) is 6.54 Å². The summed E-state index contributed by atoms with van der Waals surface area (Å²) in [6.45, 7) is 8.74. The van der Waals surface area contributed by atoms with Crippen LogP contribution in [0.15, 0.2) is 54.7 Å². The van der Waals surface area contributed by atoms with E-state index in [0.29, 0.717) is 12.6 Å². The third-order valence-electron chi connectivity index (χ3n) is 6.32. The van der Waals surface area contributed by atoms with Crippen molar-refractivity contribution in [1.82, 2.24) is 9.88 Å². The first kappa shape index (κ1) is 23.4. The highest BCUT2D eigenvalue weighted by Crippen LogP contribution is 2.30. The van der Waals surface area contributed by atoms with Gasteiger partial charge in [0.2, 0.25) is 0 Å². The van der Waals surface area contributed by atoms with Crippen molar-refractivity contribution in [2.45, 2.75) is 58.5 Å². The first-order chi connectivity index (χ1) is 16.3. The molecule has 3 aromatic rings. The number of para-hydroxylation sites is 1. The molecule has 0 atom stereocenters. The van der Waals surface area contributed by atoms with E-state index in [9.17, 15) is 0 Å². The summed E-state index contributed by atoms with van der Waals surface area (Å²) in [6, 6.07) is 17.3. The van der Waals surface area contributed by atoms with Crippen LogP contribution >= 0.6 is 0 Å². The Kier molecular flexibility index (Phi) is 8.42. The molecule has 1 aliphatic rings. The van der Waals surface area contributed by atoms with Crippen molar-refractivity contribution >= 4 is 16.6 Å². The van der Waals surface area contributed by atoms with E-state index in [0.717, 1.165) is 62.5 Å². The molecule has 0 radical (unpaired) electrons. The summed E-state index contributed by atoms with van der Waals surface area (Å²) >= 11 is 0. The van der Waals surface area contributed by atoms with Gasteiger partial charge in [0, 0.05) is 42.9 Å². The second kappa shape index (κ2) is 11.9. The summed E-state index contributed by atoms with van der Waals surface area (Å²) < 4.78 is 11.9. The first-order valence-corrected chi connectivity index (χ1v) is 12.5. The Morgan fingerprint density at radius 1 is 0.970 bits per heavy atom. The number of nitrogens with one attached hydrogen (secondary N) is 1. The monoisotopic (exact) mass is 447 g/mol. The van der Waals surface area contributed by atoms with E-state index >= 15 is 0 Å². The average Bonchev–Trinajstić information content (AvgIpc) is 2.85. The molecule has 5 heteroatoms. The Bertz CT molecular complexity index is 1010. The summed E-state index contributed by atoms with van der Waals surface area (Å²) in [6.07, 6.45) is 7.65. The fourth-order valence-corrected chi connectivity index (χ4v) is 4.51. The van der Waals surface area contributed by atoms with E-state index in [4.69, 9.17) is 9.47 Å². The van der Waals surface area contributed by atoms with Crippen molar-refractivity contribution in [2.24, 2.45) is 0 Å². The van der Waals surface area contributed by atoms with Crippen molar-refractivity contribution in [3.63, 3.8) is 0 Å². The van der Waals surface area contributed by atoms with E-state index < -0.39 is 0 Å². The van der Waals surface area contributed by atoms with E-state index in [1.54, 1.807) is 0 Å². The van der Waals surface area contributed by atoms with Gasteiger partial charge in [-0.15, -0.1) is 0 Å². The Morgan fingerprint density at radius 2 is 1.82 bits per heavy atom.